The number of methoxy groups -OCH3 is 1. The molecule has 3 rings (SSSR count). The van der Waals surface area contributed by atoms with Crippen LogP contribution < -0.4 is 4.74 Å². The maximum absolute atomic E-state index is 10.0. The van der Waals surface area contributed by atoms with E-state index in [9.17, 15) is 5.11 Å². The first-order chi connectivity index (χ1) is 10.4. The minimum atomic E-state index is -0.857. The van der Waals surface area contributed by atoms with Gasteiger partial charge in [0.05, 0.1) is 24.9 Å². The van der Waals surface area contributed by atoms with Crippen LogP contribution >= 0.6 is 0 Å². The van der Waals surface area contributed by atoms with Crippen LogP contribution in [0.1, 0.15) is 19.7 Å². The van der Waals surface area contributed by atoms with E-state index in [0.29, 0.717) is 12.4 Å². The van der Waals surface area contributed by atoms with E-state index in [0.717, 1.165) is 28.2 Å². The Morgan fingerprint density at radius 3 is 2.77 bits per heavy atom. The predicted octanol–water partition coefficient (Wildman–Crippen LogP) is 2.51. The summed E-state index contributed by atoms with van der Waals surface area (Å²) in [5, 5.41) is 15.5. The third-order valence-electron chi connectivity index (χ3n) is 3.38. The van der Waals surface area contributed by atoms with E-state index in [2.05, 4.69) is 15.1 Å². The number of fused-ring (bicyclic) bond motifs is 1. The second-order valence-corrected chi connectivity index (χ2v) is 6.09. The minimum Gasteiger partial charge on any atom is -0.497 e. The van der Waals surface area contributed by atoms with Gasteiger partial charge in [0, 0.05) is 10.9 Å². The van der Waals surface area contributed by atoms with Crippen molar-refractivity contribution in [2.75, 3.05) is 7.11 Å². The predicted molar refractivity (Wildman–Crippen MR) is 84.9 cm³/mol. The Kier molecular flexibility index (Phi) is 3.41. The second kappa shape index (κ2) is 5.14. The molecule has 0 spiro atoms. The monoisotopic (exact) mass is 300 g/mol. The molecule has 1 aromatic carbocycles. The number of ether oxygens (including phenoxy) is 1. The number of H-pyrrole nitrogens is 1. The van der Waals surface area contributed by atoms with Crippen LogP contribution in [0.25, 0.3) is 22.4 Å². The number of rotatable bonds is 4. The lowest BCUT2D eigenvalue weighted by Gasteiger charge is -2.17. The summed E-state index contributed by atoms with van der Waals surface area (Å²) in [6, 6.07) is 7.87. The van der Waals surface area contributed by atoms with Crippen LogP contribution in [0.3, 0.4) is 0 Å². The van der Waals surface area contributed by atoms with Crippen LogP contribution in [0.2, 0.25) is 0 Å². The van der Waals surface area contributed by atoms with Crippen molar-refractivity contribution in [2.24, 2.45) is 0 Å². The summed E-state index contributed by atoms with van der Waals surface area (Å²) >= 11 is 0. The molecule has 0 fully saturated rings. The molecule has 6 nitrogen and oxygen atoms in total. The van der Waals surface area contributed by atoms with Gasteiger partial charge in [0.15, 0.2) is 5.82 Å². The summed E-state index contributed by atoms with van der Waals surface area (Å²) in [5.74, 6) is 2.21. The molecule has 0 atom stereocenters. The topological polar surface area (TPSA) is 76.0 Å². The van der Waals surface area contributed by atoms with Gasteiger partial charge in [-0.15, -0.1) is 0 Å². The van der Waals surface area contributed by atoms with E-state index in [4.69, 9.17) is 4.74 Å². The van der Waals surface area contributed by atoms with Crippen molar-refractivity contribution in [1.29, 1.82) is 0 Å². The Labute approximate surface area is 128 Å². The second-order valence-electron chi connectivity index (χ2n) is 6.09. The number of aromatic nitrogens is 4. The Balaban J connectivity index is 2.07. The van der Waals surface area contributed by atoms with Gasteiger partial charge in [-0.3, -0.25) is 0 Å². The molecule has 0 bridgehead atoms. The number of aromatic amines is 1. The smallest absolute Gasteiger partial charge is 0.174 e. The Morgan fingerprint density at radius 1 is 1.32 bits per heavy atom. The van der Waals surface area contributed by atoms with Crippen molar-refractivity contribution in [3.05, 3.63) is 30.1 Å². The molecule has 0 amide bonds. The van der Waals surface area contributed by atoms with Crippen molar-refractivity contribution in [3.8, 4) is 17.3 Å². The quantitative estimate of drug-likeness (QED) is 0.776. The third-order valence-corrected chi connectivity index (χ3v) is 3.38. The summed E-state index contributed by atoms with van der Waals surface area (Å²) in [7, 11) is 1.65. The van der Waals surface area contributed by atoms with Crippen LogP contribution in [0.5, 0.6) is 5.75 Å². The molecule has 2 heterocycles. The summed E-state index contributed by atoms with van der Waals surface area (Å²) in [6.07, 6.45) is 0. The summed E-state index contributed by atoms with van der Waals surface area (Å²) in [5.41, 5.74) is 1.02. The molecule has 0 saturated heterocycles. The van der Waals surface area contributed by atoms with Crippen LogP contribution in [0.4, 0.5) is 0 Å². The van der Waals surface area contributed by atoms with Crippen molar-refractivity contribution < 1.29 is 9.84 Å². The molecular weight excluding hydrogens is 280 g/mol. The molecule has 0 unspecified atom stereocenters. The highest BCUT2D eigenvalue weighted by molar-refractivity contribution is 5.86. The Morgan fingerprint density at radius 2 is 2.09 bits per heavy atom. The van der Waals surface area contributed by atoms with Crippen molar-refractivity contribution in [3.63, 3.8) is 0 Å². The van der Waals surface area contributed by atoms with Gasteiger partial charge in [-0.1, -0.05) is 0 Å². The van der Waals surface area contributed by atoms with Crippen LogP contribution in [0, 0.1) is 6.92 Å². The van der Waals surface area contributed by atoms with E-state index in [1.165, 1.54) is 0 Å². The van der Waals surface area contributed by atoms with Gasteiger partial charge in [-0.05, 0) is 45.0 Å². The first-order valence-corrected chi connectivity index (χ1v) is 7.17. The van der Waals surface area contributed by atoms with Gasteiger partial charge in [-0.2, -0.15) is 5.10 Å². The molecule has 2 N–H and O–H groups in total. The van der Waals surface area contributed by atoms with E-state index in [-0.39, 0.29) is 0 Å². The fourth-order valence-electron chi connectivity index (χ4n) is 2.49. The number of hydrogen-bond donors (Lipinski definition) is 2. The standard InChI is InChI=1S/C16H20N4O2/c1-10-17-15(20(19-10)9-16(2,3)21)14-8-11-7-12(22-4)5-6-13(11)18-14/h5-8,18,21H,9H2,1-4H3. The highest BCUT2D eigenvalue weighted by atomic mass is 16.5. The average Bonchev–Trinajstić information content (AvgIpc) is 2.99. The zero-order valence-corrected chi connectivity index (χ0v) is 13.2. The summed E-state index contributed by atoms with van der Waals surface area (Å²) in [6.45, 7) is 5.73. The van der Waals surface area contributed by atoms with E-state index in [1.54, 1.807) is 25.6 Å². The highest BCUT2D eigenvalue weighted by Gasteiger charge is 2.19. The van der Waals surface area contributed by atoms with Gasteiger partial charge in [0.2, 0.25) is 0 Å². The molecule has 0 aliphatic carbocycles. The molecule has 0 aliphatic rings. The SMILES string of the molecule is COc1ccc2[nH]c(-c3nc(C)nn3CC(C)(C)O)cc2c1. The number of aliphatic hydroxyl groups is 1. The maximum atomic E-state index is 10.0. The zero-order chi connectivity index (χ0) is 15.9. The van der Waals surface area contributed by atoms with Gasteiger partial charge >= 0.3 is 0 Å². The number of benzene rings is 1. The van der Waals surface area contributed by atoms with Gasteiger partial charge in [0.25, 0.3) is 0 Å². The minimum absolute atomic E-state index is 0.377. The first kappa shape index (κ1) is 14.6. The molecule has 0 saturated carbocycles. The number of aryl methyl sites for hydroxylation is 1. The normalized spacial score (nSPS) is 12.0. The lowest BCUT2D eigenvalue weighted by Crippen LogP contribution is -2.27. The summed E-state index contributed by atoms with van der Waals surface area (Å²) in [4.78, 5) is 7.82. The van der Waals surface area contributed by atoms with Gasteiger partial charge in [0.1, 0.15) is 11.6 Å². The maximum Gasteiger partial charge on any atom is 0.174 e. The van der Waals surface area contributed by atoms with Crippen molar-refractivity contribution in [1.82, 2.24) is 19.7 Å². The van der Waals surface area contributed by atoms with E-state index in [1.807, 2.05) is 31.2 Å². The first-order valence-electron chi connectivity index (χ1n) is 7.17. The van der Waals surface area contributed by atoms with Gasteiger partial charge in [-0.25, -0.2) is 9.67 Å². The lowest BCUT2D eigenvalue weighted by molar-refractivity contribution is 0.0581. The molecular formula is C16H20N4O2. The lowest BCUT2D eigenvalue weighted by atomic mass is 10.1. The third kappa shape index (κ3) is 2.82. The largest absolute Gasteiger partial charge is 0.497 e. The van der Waals surface area contributed by atoms with E-state index >= 15 is 0 Å². The highest BCUT2D eigenvalue weighted by Crippen LogP contribution is 2.26. The van der Waals surface area contributed by atoms with Gasteiger partial charge < -0.3 is 14.8 Å². The molecule has 6 heteroatoms. The zero-order valence-electron chi connectivity index (χ0n) is 13.2. The fourth-order valence-corrected chi connectivity index (χ4v) is 2.49. The van der Waals surface area contributed by atoms with Crippen LogP contribution in [0.15, 0.2) is 24.3 Å². The molecule has 2 aromatic heterocycles. The molecule has 0 radical (unpaired) electrons. The fraction of sp³-hybridized carbons (Fsp3) is 0.375. The van der Waals surface area contributed by atoms with Crippen LogP contribution in [-0.2, 0) is 6.54 Å². The average molecular weight is 300 g/mol. The Hall–Kier alpha value is -2.34. The molecule has 22 heavy (non-hydrogen) atoms. The molecule has 116 valence electrons. The molecule has 3 aromatic rings. The molecule has 0 aliphatic heterocycles. The number of nitrogens with zero attached hydrogens (tertiary/aromatic N) is 3. The van der Waals surface area contributed by atoms with E-state index < -0.39 is 5.60 Å². The van der Waals surface area contributed by atoms with Crippen LogP contribution in [-0.4, -0.2) is 37.6 Å². The van der Waals surface area contributed by atoms with Crippen molar-refractivity contribution in [2.45, 2.75) is 32.9 Å². The summed E-state index contributed by atoms with van der Waals surface area (Å²) < 4.78 is 6.98. The Bertz CT molecular complexity index is 811. The number of hydrogen-bond acceptors (Lipinski definition) is 4. The van der Waals surface area contributed by atoms with Crippen molar-refractivity contribution >= 4 is 10.9 Å². The number of nitrogens with one attached hydrogen (secondary N) is 1.